The average molecular weight is 356 g/mol. The van der Waals surface area contributed by atoms with Gasteiger partial charge in [-0.3, -0.25) is 4.79 Å². The Labute approximate surface area is 146 Å². The van der Waals surface area contributed by atoms with Gasteiger partial charge in [-0.15, -0.1) is 0 Å². The second kappa shape index (κ2) is 6.41. The zero-order valence-electron chi connectivity index (χ0n) is 12.6. The number of fused-ring (bicyclic) bond motifs is 1. The molecule has 2 aromatic carbocycles. The number of hydrogen-bond donors (Lipinski definition) is 1. The van der Waals surface area contributed by atoms with Gasteiger partial charge < -0.3 is 24.8 Å². The number of hydrogen-bond acceptors (Lipinski definition) is 5. The van der Waals surface area contributed by atoms with Crippen molar-refractivity contribution in [2.45, 2.75) is 5.92 Å². The summed E-state index contributed by atoms with van der Waals surface area (Å²) in [5, 5.41) is 23.2. The maximum atomic E-state index is 12.8. The van der Waals surface area contributed by atoms with Gasteiger partial charge in [0, 0.05) is 16.5 Å². The number of carbonyl (C=O) groups excluding carboxylic acids is 3. The number of carboxylic acid groups (broad SMARTS) is 2. The highest BCUT2D eigenvalue weighted by molar-refractivity contribution is 6.35. The van der Waals surface area contributed by atoms with Crippen LogP contribution in [0.4, 0.5) is 0 Å². The highest BCUT2D eigenvalue weighted by atomic mass is 35.5. The van der Waals surface area contributed by atoms with Gasteiger partial charge in [0.1, 0.15) is 0 Å². The number of carbonyl (C=O) groups is 3. The van der Waals surface area contributed by atoms with Gasteiger partial charge in [-0.05, 0) is 6.07 Å². The third-order valence-corrected chi connectivity index (χ3v) is 4.16. The van der Waals surface area contributed by atoms with Crippen LogP contribution < -0.4 is 10.2 Å². The molecule has 3 aromatic rings. The van der Waals surface area contributed by atoms with E-state index < -0.39 is 23.6 Å². The van der Waals surface area contributed by atoms with Crippen molar-refractivity contribution in [1.82, 2.24) is 4.98 Å². The highest BCUT2D eigenvalue weighted by Gasteiger charge is 2.27. The second-order valence-electron chi connectivity index (χ2n) is 5.34. The molecule has 0 amide bonds. The van der Waals surface area contributed by atoms with Crippen LogP contribution in [-0.2, 0) is 9.59 Å². The first-order chi connectivity index (χ1) is 11.9. The summed E-state index contributed by atoms with van der Waals surface area (Å²) in [7, 11) is 0. The average Bonchev–Trinajstić information content (AvgIpc) is 2.95. The molecule has 0 saturated carbocycles. The molecule has 1 heterocycles. The molecule has 126 valence electrons. The number of carboxylic acids is 2. The zero-order valence-corrected chi connectivity index (χ0v) is 13.4. The van der Waals surface area contributed by atoms with E-state index in [0.29, 0.717) is 0 Å². The van der Waals surface area contributed by atoms with E-state index in [9.17, 15) is 24.6 Å². The Hall–Kier alpha value is -3.12. The summed E-state index contributed by atoms with van der Waals surface area (Å²) >= 11 is 6.09. The molecule has 3 rings (SSSR count). The standard InChI is InChI=1S/C18H12ClNO5/c19-11-8-4-7-10-12(13(17(22)23)18(24)25)15(20-14(10)11)16(21)9-5-2-1-3-6-9/h1-8,13,20H,(H,22,23)(H,24,25)/p-2. The van der Waals surface area contributed by atoms with Crippen LogP contribution in [-0.4, -0.2) is 22.7 Å². The molecule has 0 atom stereocenters. The second-order valence-corrected chi connectivity index (χ2v) is 5.75. The Bertz CT molecular complexity index is 979. The normalized spacial score (nSPS) is 11.0. The number of aromatic amines is 1. The summed E-state index contributed by atoms with van der Waals surface area (Å²) in [6.07, 6.45) is 0. The lowest BCUT2D eigenvalue weighted by Gasteiger charge is -2.20. The van der Waals surface area contributed by atoms with Gasteiger partial charge in [0.15, 0.2) is 0 Å². The van der Waals surface area contributed by atoms with E-state index in [1.807, 2.05) is 0 Å². The number of benzene rings is 2. The fourth-order valence-electron chi connectivity index (χ4n) is 2.75. The lowest BCUT2D eigenvalue weighted by Crippen LogP contribution is -2.42. The van der Waals surface area contributed by atoms with Gasteiger partial charge in [0.05, 0.1) is 34.1 Å². The lowest BCUT2D eigenvalue weighted by atomic mass is 9.93. The summed E-state index contributed by atoms with van der Waals surface area (Å²) in [5.41, 5.74) is 0.131. The van der Waals surface area contributed by atoms with E-state index in [-0.39, 0.29) is 32.7 Å². The maximum Gasteiger partial charge on any atom is 0.209 e. The Morgan fingerprint density at radius 1 is 0.920 bits per heavy atom. The highest BCUT2D eigenvalue weighted by Crippen LogP contribution is 2.34. The first-order valence-electron chi connectivity index (χ1n) is 7.23. The minimum atomic E-state index is -2.12. The quantitative estimate of drug-likeness (QED) is 0.533. The molecule has 1 N–H and O–H groups in total. The fraction of sp³-hybridized carbons (Fsp3) is 0.0556. The topological polar surface area (TPSA) is 113 Å². The molecule has 0 aliphatic rings. The largest absolute Gasteiger partial charge is 0.549 e. The summed E-state index contributed by atoms with van der Waals surface area (Å²) in [6, 6.07) is 12.6. The SMILES string of the molecule is O=C(c1ccccc1)c1[nH]c2c(Cl)cccc2c1C(C(=O)[O-])C(=O)[O-]. The smallest absolute Gasteiger partial charge is 0.209 e. The van der Waals surface area contributed by atoms with Crippen LogP contribution in [0, 0.1) is 0 Å². The van der Waals surface area contributed by atoms with Crippen LogP contribution >= 0.6 is 11.6 Å². The van der Waals surface area contributed by atoms with Crippen molar-refractivity contribution in [3.05, 3.63) is 70.4 Å². The molecule has 0 radical (unpaired) electrons. The summed E-state index contributed by atoms with van der Waals surface area (Å²) in [5.74, 6) is -6.42. The predicted octanol–water partition coefficient (Wildman–Crippen LogP) is 0.636. The Morgan fingerprint density at radius 2 is 1.56 bits per heavy atom. The van der Waals surface area contributed by atoms with Crippen LogP contribution in [0.1, 0.15) is 27.5 Å². The molecule has 1 aromatic heterocycles. The third kappa shape index (κ3) is 2.88. The predicted molar refractivity (Wildman–Crippen MR) is 85.9 cm³/mol. The van der Waals surface area contributed by atoms with E-state index in [1.165, 1.54) is 30.3 Å². The Balaban J connectivity index is 2.33. The van der Waals surface area contributed by atoms with Gasteiger partial charge in [-0.2, -0.15) is 0 Å². The number of ketones is 1. The van der Waals surface area contributed by atoms with Crippen molar-refractivity contribution < 1.29 is 24.6 Å². The van der Waals surface area contributed by atoms with Crippen molar-refractivity contribution >= 4 is 40.2 Å². The van der Waals surface area contributed by atoms with Crippen molar-refractivity contribution in [1.29, 1.82) is 0 Å². The number of para-hydroxylation sites is 1. The molecule has 0 saturated heterocycles. The molecule has 0 aliphatic carbocycles. The molecule has 0 unspecified atom stereocenters. The van der Waals surface area contributed by atoms with E-state index in [2.05, 4.69) is 4.98 Å². The van der Waals surface area contributed by atoms with Crippen LogP contribution in [0.3, 0.4) is 0 Å². The summed E-state index contributed by atoms with van der Waals surface area (Å²) in [6.45, 7) is 0. The molecule has 25 heavy (non-hydrogen) atoms. The van der Waals surface area contributed by atoms with Gasteiger partial charge in [0.2, 0.25) is 5.78 Å². The molecule has 7 heteroatoms. The maximum absolute atomic E-state index is 12.8. The minimum Gasteiger partial charge on any atom is -0.549 e. The van der Waals surface area contributed by atoms with Crippen LogP contribution in [0.25, 0.3) is 10.9 Å². The van der Waals surface area contributed by atoms with Crippen molar-refractivity contribution in [2.24, 2.45) is 0 Å². The number of halogens is 1. The minimum absolute atomic E-state index is 0.173. The zero-order chi connectivity index (χ0) is 18.1. The monoisotopic (exact) mass is 355 g/mol. The third-order valence-electron chi connectivity index (χ3n) is 3.85. The van der Waals surface area contributed by atoms with Crippen LogP contribution in [0.15, 0.2) is 48.5 Å². The van der Waals surface area contributed by atoms with Gasteiger partial charge >= 0.3 is 0 Å². The number of rotatable bonds is 5. The molecule has 0 spiro atoms. The first-order valence-corrected chi connectivity index (χ1v) is 7.61. The summed E-state index contributed by atoms with van der Waals surface area (Å²) < 4.78 is 0. The van der Waals surface area contributed by atoms with Crippen molar-refractivity contribution in [2.75, 3.05) is 0 Å². The van der Waals surface area contributed by atoms with E-state index in [1.54, 1.807) is 18.2 Å². The van der Waals surface area contributed by atoms with Gasteiger partial charge in [-0.1, -0.05) is 54.1 Å². The van der Waals surface area contributed by atoms with E-state index >= 15 is 0 Å². The first kappa shape index (κ1) is 16.7. The molecule has 0 aliphatic heterocycles. The number of H-pyrrole nitrogens is 1. The molecule has 0 bridgehead atoms. The fourth-order valence-corrected chi connectivity index (χ4v) is 2.97. The lowest BCUT2D eigenvalue weighted by molar-refractivity contribution is -0.326. The number of aliphatic carboxylic acids is 2. The molecular weight excluding hydrogens is 346 g/mol. The molecular formula is C18H10ClNO5-2. The number of nitrogens with one attached hydrogen (secondary N) is 1. The van der Waals surface area contributed by atoms with Gasteiger partial charge in [0.25, 0.3) is 0 Å². The van der Waals surface area contributed by atoms with Gasteiger partial charge in [-0.25, -0.2) is 0 Å². The molecule has 0 fully saturated rings. The Morgan fingerprint density at radius 3 is 2.16 bits per heavy atom. The number of aromatic nitrogens is 1. The Kier molecular flexibility index (Phi) is 4.29. The van der Waals surface area contributed by atoms with E-state index in [0.717, 1.165) is 0 Å². The van der Waals surface area contributed by atoms with Crippen molar-refractivity contribution in [3.8, 4) is 0 Å². The molecule has 6 nitrogen and oxygen atoms in total. The van der Waals surface area contributed by atoms with E-state index in [4.69, 9.17) is 11.6 Å². The summed E-state index contributed by atoms with van der Waals surface area (Å²) in [4.78, 5) is 38.3. The van der Waals surface area contributed by atoms with Crippen molar-refractivity contribution in [3.63, 3.8) is 0 Å². The van der Waals surface area contributed by atoms with Crippen LogP contribution in [0.2, 0.25) is 5.02 Å². The van der Waals surface area contributed by atoms with Crippen LogP contribution in [0.5, 0.6) is 0 Å².